The van der Waals surface area contributed by atoms with E-state index >= 15 is 0 Å². The minimum atomic E-state index is -3.29. The largest absolute Gasteiger partial charge is 0.503 e. The van der Waals surface area contributed by atoms with Crippen LogP contribution in [0.25, 0.3) is 5.76 Å². The van der Waals surface area contributed by atoms with Crippen LogP contribution in [0.4, 0.5) is 0 Å². The van der Waals surface area contributed by atoms with Crippen molar-refractivity contribution < 1.29 is 18.6 Å². The van der Waals surface area contributed by atoms with E-state index in [2.05, 4.69) is 0 Å². The van der Waals surface area contributed by atoms with Gasteiger partial charge in [-0.1, -0.05) is 0 Å². The molecule has 1 rings (SSSR count). The molecule has 0 bridgehead atoms. The maximum atomic E-state index is 12.0. The molecule has 1 aromatic rings. The third kappa shape index (κ3) is 2.54. The summed E-state index contributed by atoms with van der Waals surface area (Å²) in [6.07, 6.45) is 1.35. The molecule has 0 aliphatic carbocycles. The van der Waals surface area contributed by atoms with E-state index in [0.717, 1.165) is 0 Å². The Balaban J connectivity index is 3.22. The molecule has 6 heteroatoms. The first kappa shape index (κ1) is 12.6. The minimum absolute atomic E-state index is 0.0957. The highest BCUT2D eigenvalue weighted by Crippen LogP contribution is 2.53. The number of rotatable bonds is 4. The van der Waals surface area contributed by atoms with E-state index < -0.39 is 13.1 Å². The maximum absolute atomic E-state index is 12.0. The van der Waals surface area contributed by atoms with Gasteiger partial charge in [-0.2, -0.15) is 5.26 Å². The SMILES string of the molecule is CCOP(C)(=O)/C(C#N)=C(\O)c1ccco1. The van der Waals surface area contributed by atoms with Crippen molar-refractivity contribution in [2.45, 2.75) is 6.92 Å². The first-order valence-corrected chi connectivity index (χ1v) is 6.70. The molecule has 5 nitrogen and oxygen atoms in total. The fourth-order valence-electron chi connectivity index (χ4n) is 1.18. The first-order chi connectivity index (χ1) is 7.53. The van der Waals surface area contributed by atoms with Crippen LogP contribution in [0.15, 0.2) is 28.1 Å². The van der Waals surface area contributed by atoms with Gasteiger partial charge in [0, 0.05) is 6.66 Å². The fourth-order valence-corrected chi connectivity index (χ4v) is 2.48. The van der Waals surface area contributed by atoms with Crippen molar-refractivity contribution in [2.75, 3.05) is 13.3 Å². The monoisotopic (exact) mass is 241 g/mol. The lowest BCUT2D eigenvalue weighted by atomic mass is 10.3. The molecule has 1 atom stereocenters. The smallest absolute Gasteiger partial charge is 0.243 e. The Kier molecular flexibility index (Phi) is 3.94. The van der Waals surface area contributed by atoms with Crippen molar-refractivity contribution in [1.82, 2.24) is 0 Å². The third-order valence-electron chi connectivity index (χ3n) is 1.87. The number of allylic oxidation sites excluding steroid dienone is 1. The molecule has 1 heterocycles. The Hall–Kier alpha value is -1.50. The van der Waals surface area contributed by atoms with E-state index in [1.807, 2.05) is 0 Å². The van der Waals surface area contributed by atoms with Gasteiger partial charge in [0.25, 0.3) is 0 Å². The second-order valence-electron chi connectivity index (χ2n) is 3.05. The molecule has 0 aliphatic rings. The van der Waals surface area contributed by atoms with Gasteiger partial charge in [0.2, 0.25) is 7.37 Å². The zero-order valence-electron chi connectivity index (χ0n) is 9.01. The number of furan rings is 1. The number of hydrogen-bond acceptors (Lipinski definition) is 5. The van der Waals surface area contributed by atoms with Crippen LogP contribution in [0, 0.1) is 11.3 Å². The predicted octanol–water partition coefficient (Wildman–Crippen LogP) is 2.97. The summed E-state index contributed by atoms with van der Waals surface area (Å²) in [6, 6.07) is 4.72. The third-order valence-corrected chi connectivity index (χ3v) is 3.74. The summed E-state index contributed by atoms with van der Waals surface area (Å²) in [6.45, 7) is 3.15. The average Bonchev–Trinajstić information content (AvgIpc) is 2.70. The van der Waals surface area contributed by atoms with Gasteiger partial charge in [0.15, 0.2) is 16.8 Å². The van der Waals surface area contributed by atoms with Crippen molar-refractivity contribution in [1.29, 1.82) is 5.26 Å². The van der Waals surface area contributed by atoms with Crippen molar-refractivity contribution in [3.05, 3.63) is 29.5 Å². The summed E-state index contributed by atoms with van der Waals surface area (Å²) < 4.78 is 21.9. The molecular formula is C10H12NO4P. The van der Waals surface area contributed by atoms with Crippen LogP contribution in [-0.2, 0) is 9.09 Å². The molecule has 0 amide bonds. The maximum Gasteiger partial charge on any atom is 0.243 e. The molecule has 0 spiro atoms. The van der Waals surface area contributed by atoms with Crippen LogP contribution < -0.4 is 0 Å². The summed E-state index contributed by atoms with van der Waals surface area (Å²) in [5.41, 5.74) is 0. The Morgan fingerprint density at radius 3 is 2.88 bits per heavy atom. The van der Waals surface area contributed by atoms with Gasteiger partial charge in [0.05, 0.1) is 12.9 Å². The number of nitriles is 1. The molecule has 1 N–H and O–H groups in total. The molecule has 0 fully saturated rings. The van der Waals surface area contributed by atoms with Crippen LogP contribution in [0.2, 0.25) is 0 Å². The Morgan fingerprint density at radius 2 is 2.44 bits per heavy atom. The average molecular weight is 241 g/mol. The van der Waals surface area contributed by atoms with Gasteiger partial charge < -0.3 is 14.0 Å². The van der Waals surface area contributed by atoms with Crippen LogP contribution in [0.1, 0.15) is 12.7 Å². The predicted molar refractivity (Wildman–Crippen MR) is 59.0 cm³/mol. The van der Waals surface area contributed by atoms with E-state index in [1.54, 1.807) is 19.1 Å². The zero-order valence-corrected chi connectivity index (χ0v) is 9.90. The van der Waals surface area contributed by atoms with E-state index in [9.17, 15) is 9.67 Å². The second kappa shape index (κ2) is 5.02. The van der Waals surface area contributed by atoms with Crippen molar-refractivity contribution in [3.8, 4) is 6.07 Å². The van der Waals surface area contributed by atoms with Crippen molar-refractivity contribution >= 4 is 13.1 Å². The molecule has 0 aromatic carbocycles. The van der Waals surface area contributed by atoms with Gasteiger partial charge >= 0.3 is 0 Å². The Bertz CT molecular complexity index is 470. The quantitative estimate of drug-likeness (QED) is 0.497. The molecule has 0 saturated heterocycles. The van der Waals surface area contributed by atoms with Crippen LogP contribution in [0.3, 0.4) is 0 Å². The van der Waals surface area contributed by atoms with Crippen LogP contribution in [0.5, 0.6) is 0 Å². The van der Waals surface area contributed by atoms with Crippen LogP contribution in [-0.4, -0.2) is 18.4 Å². The minimum Gasteiger partial charge on any atom is -0.503 e. The standard InChI is InChI=1S/C10H12NO4P/c1-3-15-16(2,13)9(7-11)10(12)8-5-4-6-14-8/h4-6,12H,3H2,1-2H3/b10-9-. The fraction of sp³-hybridized carbons (Fsp3) is 0.300. The molecule has 0 radical (unpaired) electrons. The molecule has 16 heavy (non-hydrogen) atoms. The summed E-state index contributed by atoms with van der Waals surface area (Å²) in [5.74, 6) is -0.342. The summed E-state index contributed by atoms with van der Waals surface area (Å²) in [7, 11) is -3.29. The highest BCUT2D eigenvalue weighted by atomic mass is 31.2. The van der Waals surface area contributed by atoms with Crippen molar-refractivity contribution in [3.63, 3.8) is 0 Å². The normalized spacial score (nSPS) is 16.1. The van der Waals surface area contributed by atoms with E-state index in [0.29, 0.717) is 0 Å². The first-order valence-electron chi connectivity index (χ1n) is 4.62. The summed E-state index contributed by atoms with van der Waals surface area (Å²) in [4.78, 5) is 0. The van der Waals surface area contributed by atoms with Gasteiger partial charge in [0.1, 0.15) is 6.07 Å². The molecule has 86 valence electrons. The summed E-state index contributed by atoms with van der Waals surface area (Å²) >= 11 is 0. The molecule has 0 aliphatic heterocycles. The highest BCUT2D eigenvalue weighted by molar-refractivity contribution is 7.63. The van der Waals surface area contributed by atoms with E-state index in [-0.39, 0.29) is 17.7 Å². The Labute approximate surface area is 93.4 Å². The van der Waals surface area contributed by atoms with Crippen molar-refractivity contribution in [2.24, 2.45) is 0 Å². The number of nitrogens with zero attached hydrogens (tertiary/aromatic N) is 1. The second-order valence-corrected chi connectivity index (χ2v) is 5.45. The summed E-state index contributed by atoms with van der Waals surface area (Å²) in [5, 5.41) is 18.4. The zero-order chi connectivity index (χ0) is 12.2. The van der Waals surface area contributed by atoms with Gasteiger partial charge in [-0.25, -0.2) is 0 Å². The molecular weight excluding hydrogens is 229 g/mol. The number of aliphatic hydroxyl groups excluding tert-OH is 1. The molecule has 1 aromatic heterocycles. The van der Waals surface area contributed by atoms with Gasteiger partial charge in [-0.3, -0.25) is 4.57 Å². The van der Waals surface area contributed by atoms with Crippen LogP contribution >= 0.6 is 7.37 Å². The Morgan fingerprint density at radius 1 is 1.75 bits per heavy atom. The lowest BCUT2D eigenvalue weighted by Gasteiger charge is -2.11. The topological polar surface area (TPSA) is 83.5 Å². The molecule has 0 saturated carbocycles. The molecule has 1 unspecified atom stereocenters. The number of aliphatic hydroxyl groups is 1. The highest BCUT2D eigenvalue weighted by Gasteiger charge is 2.27. The van der Waals surface area contributed by atoms with Gasteiger partial charge in [-0.05, 0) is 19.1 Å². The van der Waals surface area contributed by atoms with E-state index in [1.165, 1.54) is 19.0 Å². The lowest BCUT2D eigenvalue weighted by molar-refractivity contribution is 0.342. The number of hydrogen-bond donors (Lipinski definition) is 1. The van der Waals surface area contributed by atoms with E-state index in [4.69, 9.17) is 14.2 Å². The lowest BCUT2D eigenvalue weighted by Crippen LogP contribution is -1.94. The van der Waals surface area contributed by atoms with Gasteiger partial charge in [-0.15, -0.1) is 0 Å².